The number of carbonyl (C=O) groups is 2. The average molecular weight is 579 g/mol. The Labute approximate surface area is 238 Å². The minimum Gasteiger partial charge on any atom is -0.465 e. The largest absolute Gasteiger partial charge is 0.465 e. The van der Waals surface area contributed by atoms with E-state index in [1.165, 1.54) is 16.8 Å². The minimum atomic E-state index is -2.98. The third-order valence-corrected chi connectivity index (χ3v) is 12.8. The first-order valence-electron chi connectivity index (χ1n) is 13.7. The average Bonchev–Trinajstić information content (AvgIpc) is 3.45. The SMILES string of the molecule is CCOC(=O)[C@H]1C(=O)O[C@H]2[C@@H]1[C@H](n1ccc(=O)[nH]c1=O)O[C@@H]2CO[Si](c1ccccc1)(c1ccccc1)C(C)(C)C. The fourth-order valence-electron chi connectivity index (χ4n) is 6.10. The number of rotatable bonds is 8. The molecule has 10 nitrogen and oxygen atoms in total. The van der Waals surface area contributed by atoms with Gasteiger partial charge in [0, 0.05) is 12.3 Å². The molecule has 11 heteroatoms. The van der Waals surface area contributed by atoms with Gasteiger partial charge in [-0.1, -0.05) is 81.4 Å². The first-order chi connectivity index (χ1) is 19.6. The van der Waals surface area contributed by atoms with Crippen molar-refractivity contribution in [3.63, 3.8) is 0 Å². The number of H-pyrrole nitrogens is 1. The maximum Gasteiger partial charge on any atom is 0.330 e. The third kappa shape index (κ3) is 5.09. The van der Waals surface area contributed by atoms with Crippen LogP contribution in [0, 0.1) is 11.8 Å². The Morgan fingerprint density at radius 1 is 0.976 bits per heavy atom. The van der Waals surface area contributed by atoms with Crippen LogP contribution >= 0.6 is 0 Å². The van der Waals surface area contributed by atoms with Gasteiger partial charge in [0.25, 0.3) is 13.9 Å². The molecule has 5 rings (SSSR count). The summed E-state index contributed by atoms with van der Waals surface area (Å²) in [5.74, 6) is -3.64. The standard InChI is InChI=1S/C30H34N2O8Si/c1-5-37-27(34)24-23-25(40-28(24)35)21(39-26(23)32-17-16-22(33)31-29(32)36)18-38-41(30(2,3)4,19-12-8-6-9-13-19)20-14-10-7-11-15-20/h6-17,21,23-26H,5,18H2,1-4H3,(H,31,33,36)/t21-,23-,24+,25-,26-/m1/s1. The van der Waals surface area contributed by atoms with Crippen molar-refractivity contribution in [2.24, 2.45) is 11.8 Å². The quantitative estimate of drug-likeness (QED) is 0.243. The van der Waals surface area contributed by atoms with Crippen molar-refractivity contribution in [2.75, 3.05) is 13.2 Å². The zero-order valence-electron chi connectivity index (χ0n) is 23.4. The Morgan fingerprint density at radius 3 is 2.12 bits per heavy atom. The Kier molecular flexibility index (Phi) is 7.86. The predicted molar refractivity (Wildman–Crippen MR) is 152 cm³/mol. The molecule has 41 heavy (non-hydrogen) atoms. The van der Waals surface area contributed by atoms with Gasteiger partial charge < -0.3 is 18.6 Å². The summed E-state index contributed by atoms with van der Waals surface area (Å²) in [6.07, 6.45) is -1.45. The highest BCUT2D eigenvalue weighted by Crippen LogP contribution is 2.47. The van der Waals surface area contributed by atoms with Crippen molar-refractivity contribution in [1.82, 2.24) is 9.55 Å². The molecule has 1 N–H and O–H groups in total. The van der Waals surface area contributed by atoms with E-state index in [9.17, 15) is 19.2 Å². The molecule has 2 fully saturated rings. The molecule has 0 amide bonds. The van der Waals surface area contributed by atoms with Crippen LogP contribution in [0.3, 0.4) is 0 Å². The van der Waals surface area contributed by atoms with E-state index in [1.54, 1.807) is 6.92 Å². The van der Waals surface area contributed by atoms with Gasteiger partial charge in [0.15, 0.2) is 5.92 Å². The number of ether oxygens (including phenoxy) is 3. The number of nitrogens with one attached hydrogen (secondary N) is 1. The number of esters is 2. The van der Waals surface area contributed by atoms with Crippen molar-refractivity contribution >= 4 is 30.6 Å². The number of hydrogen-bond acceptors (Lipinski definition) is 8. The van der Waals surface area contributed by atoms with Crippen LogP contribution in [0.1, 0.15) is 33.9 Å². The lowest BCUT2D eigenvalue weighted by atomic mass is 9.88. The van der Waals surface area contributed by atoms with Crippen molar-refractivity contribution < 1.29 is 28.2 Å². The molecule has 2 aromatic carbocycles. The lowest BCUT2D eigenvalue weighted by Crippen LogP contribution is -2.67. The zero-order valence-corrected chi connectivity index (χ0v) is 24.4. The number of carbonyl (C=O) groups excluding carboxylic acids is 2. The molecular weight excluding hydrogens is 544 g/mol. The molecule has 216 valence electrons. The first kappa shape index (κ1) is 28.7. The van der Waals surface area contributed by atoms with Gasteiger partial charge in [-0.2, -0.15) is 0 Å². The normalized spacial score (nSPS) is 24.1. The minimum absolute atomic E-state index is 0.0336. The van der Waals surface area contributed by atoms with Crippen LogP contribution in [0.4, 0.5) is 0 Å². The molecule has 0 bridgehead atoms. The maximum atomic E-state index is 13.0. The Morgan fingerprint density at radius 2 is 1.59 bits per heavy atom. The molecule has 2 aliphatic rings. The van der Waals surface area contributed by atoms with E-state index in [2.05, 4.69) is 50.0 Å². The van der Waals surface area contributed by atoms with Crippen molar-refractivity contribution in [3.8, 4) is 0 Å². The lowest BCUT2D eigenvalue weighted by molar-refractivity contribution is -0.162. The molecule has 3 aromatic rings. The van der Waals surface area contributed by atoms with E-state index in [4.69, 9.17) is 18.6 Å². The van der Waals surface area contributed by atoms with E-state index < -0.39 is 61.8 Å². The summed E-state index contributed by atoms with van der Waals surface area (Å²) >= 11 is 0. The highest BCUT2D eigenvalue weighted by Gasteiger charge is 2.62. The molecular formula is C30H34N2O8Si. The van der Waals surface area contributed by atoms with Crippen LogP contribution in [0.15, 0.2) is 82.5 Å². The van der Waals surface area contributed by atoms with Crippen LogP contribution < -0.4 is 21.6 Å². The van der Waals surface area contributed by atoms with Gasteiger partial charge in [-0.3, -0.25) is 23.9 Å². The number of fused-ring (bicyclic) bond motifs is 1. The van der Waals surface area contributed by atoms with E-state index >= 15 is 0 Å². The topological polar surface area (TPSA) is 126 Å². The van der Waals surface area contributed by atoms with Gasteiger partial charge in [-0.05, 0) is 22.3 Å². The van der Waals surface area contributed by atoms with Gasteiger partial charge in [-0.15, -0.1) is 0 Å². The molecule has 2 aliphatic heterocycles. The molecule has 1 aromatic heterocycles. The molecule has 2 saturated heterocycles. The zero-order chi connectivity index (χ0) is 29.4. The smallest absolute Gasteiger partial charge is 0.330 e. The summed E-state index contributed by atoms with van der Waals surface area (Å²) < 4.78 is 25.5. The maximum absolute atomic E-state index is 13.0. The number of benzene rings is 2. The van der Waals surface area contributed by atoms with E-state index in [1.807, 2.05) is 36.4 Å². The second kappa shape index (κ2) is 11.2. The third-order valence-electron chi connectivity index (χ3n) is 7.83. The second-order valence-electron chi connectivity index (χ2n) is 11.3. The lowest BCUT2D eigenvalue weighted by Gasteiger charge is -2.43. The number of aromatic nitrogens is 2. The van der Waals surface area contributed by atoms with Gasteiger partial charge in [0.1, 0.15) is 18.4 Å². The fourth-order valence-corrected chi connectivity index (χ4v) is 10.7. The summed E-state index contributed by atoms with van der Waals surface area (Å²) in [6.45, 7) is 8.19. The van der Waals surface area contributed by atoms with Crippen LogP contribution in [0.2, 0.25) is 5.04 Å². The molecule has 0 saturated carbocycles. The highest BCUT2D eigenvalue weighted by atomic mass is 28.4. The molecule has 3 heterocycles. The van der Waals surface area contributed by atoms with Gasteiger partial charge in [0.2, 0.25) is 0 Å². The fraction of sp³-hybridized carbons (Fsp3) is 0.400. The summed E-state index contributed by atoms with van der Waals surface area (Å²) in [5.41, 5.74) is -1.30. The Hall–Kier alpha value is -3.80. The van der Waals surface area contributed by atoms with Crippen LogP contribution in [-0.4, -0.2) is 55.2 Å². The Bertz CT molecular complexity index is 1480. The summed E-state index contributed by atoms with van der Waals surface area (Å²) in [6, 6.07) is 21.3. The van der Waals surface area contributed by atoms with Crippen LogP contribution in [0.5, 0.6) is 0 Å². The molecule has 5 atom stereocenters. The highest BCUT2D eigenvalue weighted by molar-refractivity contribution is 6.99. The van der Waals surface area contributed by atoms with Gasteiger partial charge >= 0.3 is 17.6 Å². The summed E-state index contributed by atoms with van der Waals surface area (Å²) in [7, 11) is -2.98. The Balaban J connectivity index is 1.56. The molecule has 0 radical (unpaired) electrons. The van der Waals surface area contributed by atoms with Crippen molar-refractivity contribution in [2.45, 2.75) is 51.2 Å². The molecule has 0 aliphatic carbocycles. The van der Waals surface area contributed by atoms with E-state index in [0.29, 0.717) is 0 Å². The number of nitrogens with zero attached hydrogens (tertiary/aromatic N) is 1. The number of hydrogen-bond donors (Lipinski definition) is 1. The first-order valence-corrected chi connectivity index (χ1v) is 15.6. The number of aromatic amines is 1. The monoisotopic (exact) mass is 578 g/mol. The van der Waals surface area contributed by atoms with Crippen LogP contribution in [-0.2, 0) is 28.2 Å². The summed E-state index contributed by atoms with van der Waals surface area (Å²) in [4.78, 5) is 52.7. The van der Waals surface area contributed by atoms with Crippen molar-refractivity contribution in [3.05, 3.63) is 93.8 Å². The molecule has 0 spiro atoms. The second-order valence-corrected chi connectivity index (χ2v) is 15.6. The summed E-state index contributed by atoms with van der Waals surface area (Å²) in [5, 5.41) is 1.81. The molecule has 0 unspecified atom stereocenters. The predicted octanol–water partition coefficient (Wildman–Crippen LogP) is 1.73. The van der Waals surface area contributed by atoms with E-state index in [0.717, 1.165) is 10.4 Å². The van der Waals surface area contributed by atoms with Crippen LogP contribution in [0.25, 0.3) is 0 Å². The van der Waals surface area contributed by atoms with Gasteiger partial charge in [0.05, 0.1) is 19.1 Å². The van der Waals surface area contributed by atoms with Crippen molar-refractivity contribution in [1.29, 1.82) is 0 Å². The van der Waals surface area contributed by atoms with E-state index in [-0.39, 0.29) is 18.3 Å². The van der Waals surface area contributed by atoms with Gasteiger partial charge in [-0.25, -0.2) is 4.79 Å².